The van der Waals surface area contributed by atoms with Gasteiger partial charge in [0.2, 0.25) is 0 Å². The number of allylic oxidation sites excluding steroid dienone is 4. The lowest BCUT2D eigenvalue weighted by Gasteiger charge is -2.08. The Morgan fingerprint density at radius 1 is 0.420 bits per heavy atom. The van der Waals surface area contributed by atoms with Gasteiger partial charge in [-0.1, -0.05) is 153 Å². The van der Waals surface area contributed by atoms with Crippen molar-refractivity contribution in [3.63, 3.8) is 0 Å². The lowest BCUT2D eigenvalue weighted by molar-refractivity contribution is -0.139. The molecule has 0 N–H and O–H groups in total. The summed E-state index contributed by atoms with van der Waals surface area (Å²) in [7, 11) is 0. The van der Waals surface area contributed by atoms with Gasteiger partial charge >= 0.3 is 23.9 Å². The first kappa shape index (κ1) is 45.0. The van der Waals surface area contributed by atoms with Crippen LogP contribution in [0.25, 0.3) is 0 Å². The molecule has 0 aromatic heterocycles. The molecule has 0 heterocycles. The van der Waals surface area contributed by atoms with E-state index in [2.05, 4.69) is 38.2 Å². The van der Waals surface area contributed by atoms with Crippen molar-refractivity contribution in [2.24, 2.45) is 0 Å². The van der Waals surface area contributed by atoms with Gasteiger partial charge in [0.15, 0.2) is 0 Å². The Hall–Kier alpha value is -3.02. The minimum Gasteiger partial charge on any atom is -0.389 e. The number of carbonyl (C=O) groups is 4. The summed E-state index contributed by atoms with van der Waals surface area (Å²) in [4.78, 5) is 50.0. The van der Waals surface area contributed by atoms with E-state index in [9.17, 15) is 19.2 Å². The third-order valence-corrected chi connectivity index (χ3v) is 9.07. The number of hydrogen-bond acceptors (Lipinski definition) is 6. The molecule has 0 saturated carbocycles. The van der Waals surface area contributed by atoms with Crippen LogP contribution in [-0.2, 0) is 19.1 Å². The summed E-state index contributed by atoms with van der Waals surface area (Å²) in [6.45, 7) is 4.49. The smallest absolute Gasteiger partial charge is 0.346 e. The van der Waals surface area contributed by atoms with Gasteiger partial charge in [-0.3, -0.25) is 9.59 Å². The molecule has 0 fully saturated rings. The van der Waals surface area contributed by atoms with Crippen LogP contribution in [0.1, 0.15) is 214 Å². The standard InChI is InChI=1S/C44H70O6/c1-3-5-7-9-11-13-15-17-19-21-23-25-27-29-31-37-41(45)49-43(47)39-35-33-34-36-40(39)44(48)50-42(46)38-32-30-28-26-24-22-20-18-16-14-12-10-8-6-4-2/h17-20,33-36H,3-16,21-32,37-38H2,1-2H3/b19-17-,20-18-. The Bertz CT molecular complexity index is 1000. The van der Waals surface area contributed by atoms with Crippen molar-refractivity contribution in [2.75, 3.05) is 0 Å². The van der Waals surface area contributed by atoms with Crippen LogP contribution in [0.3, 0.4) is 0 Å². The van der Waals surface area contributed by atoms with Crippen LogP contribution in [0.4, 0.5) is 0 Å². The molecule has 0 radical (unpaired) electrons. The van der Waals surface area contributed by atoms with Gasteiger partial charge in [0.1, 0.15) is 0 Å². The van der Waals surface area contributed by atoms with E-state index in [-0.39, 0.29) is 24.0 Å². The number of esters is 4. The Kier molecular flexibility index (Phi) is 29.8. The van der Waals surface area contributed by atoms with Crippen molar-refractivity contribution < 1.29 is 28.7 Å². The first-order valence-corrected chi connectivity index (χ1v) is 20.4. The summed E-state index contributed by atoms with van der Waals surface area (Å²) in [5.41, 5.74) is -0.159. The van der Waals surface area contributed by atoms with Crippen LogP contribution in [0, 0.1) is 0 Å². The molecule has 50 heavy (non-hydrogen) atoms. The van der Waals surface area contributed by atoms with E-state index in [4.69, 9.17) is 9.47 Å². The molecule has 0 aliphatic heterocycles. The third kappa shape index (κ3) is 25.9. The van der Waals surface area contributed by atoms with Crippen LogP contribution in [0.15, 0.2) is 48.6 Å². The van der Waals surface area contributed by atoms with E-state index in [0.29, 0.717) is 12.8 Å². The van der Waals surface area contributed by atoms with E-state index in [0.717, 1.165) is 64.2 Å². The van der Waals surface area contributed by atoms with Gasteiger partial charge in [-0.15, -0.1) is 0 Å². The van der Waals surface area contributed by atoms with Crippen molar-refractivity contribution in [1.82, 2.24) is 0 Å². The molecule has 282 valence electrons. The van der Waals surface area contributed by atoms with E-state index >= 15 is 0 Å². The van der Waals surface area contributed by atoms with Gasteiger partial charge in [-0.05, 0) is 76.3 Å². The number of ether oxygens (including phenoxy) is 2. The fourth-order valence-corrected chi connectivity index (χ4v) is 5.94. The molecule has 1 rings (SSSR count). The number of unbranched alkanes of at least 4 members (excludes halogenated alkanes) is 22. The molecular weight excluding hydrogens is 624 g/mol. The summed E-state index contributed by atoms with van der Waals surface area (Å²) in [6, 6.07) is 5.97. The summed E-state index contributed by atoms with van der Waals surface area (Å²) in [5, 5.41) is 0. The van der Waals surface area contributed by atoms with Crippen molar-refractivity contribution >= 4 is 23.9 Å². The highest BCUT2D eigenvalue weighted by atomic mass is 16.6. The quantitative estimate of drug-likeness (QED) is 0.0323. The lowest BCUT2D eigenvalue weighted by atomic mass is 10.1. The van der Waals surface area contributed by atoms with E-state index in [1.54, 1.807) is 12.1 Å². The maximum Gasteiger partial charge on any atom is 0.346 e. The normalized spacial score (nSPS) is 11.4. The molecule has 0 aliphatic rings. The average Bonchev–Trinajstić information content (AvgIpc) is 3.11. The maximum absolute atomic E-state index is 12.7. The van der Waals surface area contributed by atoms with Crippen molar-refractivity contribution in [3.05, 3.63) is 59.7 Å². The molecule has 0 bridgehead atoms. The predicted molar refractivity (Wildman–Crippen MR) is 206 cm³/mol. The second-order valence-corrected chi connectivity index (χ2v) is 13.7. The lowest BCUT2D eigenvalue weighted by Crippen LogP contribution is -2.19. The Morgan fingerprint density at radius 2 is 0.700 bits per heavy atom. The van der Waals surface area contributed by atoms with Crippen molar-refractivity contribution in [3.8, 4) is 0 Å². The van der Waals surface area contributed by atoms with Crippen LogP contribution >= 0.6 is 0 Å². The summed E-state index contributed by atoms with van der Waals surface area (Å²) < 4.78 is 10.1. The monoisotopic (exact) mass is 695 g/mol. The maximum atomic E-state index is 12.7. The zero-order valence-corrected chi connectivity index (χ0v) is 31.9. The number of rotatable bonds is 32. The van der Waals surface area contributed by atoms with Gasteiger partial charge in [0, 0.05) is 12.8 Å². The molecule has 0 saturated heterocycles. The van der Waals surface area contributed by atoms with Gasteiger partial charge < -0.3 is 9.47 Å². The zero-order valence-electron chi connectivity index (χ0n) is 31.9. The molecule has 6 heteroatoms. The summed E-state index contributed by atoms with van der Waals surface area (Å²) in [5.74, 6) is -3.04. The Labute approximate surface area is 305 Å². The largest absolute Gasteiger partial charge is 0.389 e. The molecule has 0 atom stereocenters. The second kappa shape index (κ2) is 33.1. The molecule has 0 unspecified atom stereocenters. The molecule has 0 amide bonds. The second-order valence-electron chi connectivity index (χ2n) is 13.7. The number of carbonyl (C=O) groups excluding carboxylic acids is 4. The third-order valence-electron chi connectivity index (χ3n) is 9.07. The molecule has 0 aliphatic carbocycles. The van der Waals surface area contributed by atoms with Crippen LogP contribution in [0.2, 0.25) is 0 Å². The van der Waals surface area contributed by atoms with E-state index in [1.165, 1.54) is 102 Å². The van der Waals surface area contributed by atoms with Crippen molar-refractivity contribution in [1.29, 1.82) is 0 Å². The fourth-order valence-electron chi connectivity index (χ4n) is 5.94. The fraction of sp³-hybridized carbons (Fsp3) is 0.682. The van der Waals surface area contributed by atoms with Crippen LogP contribution in [-0.4, -0.2) is 23.9 Å². The molecule has 1 aromatic carbocycles. The highest BCUT2D eigenvalue weighted by Gasteiger charge is 2.23. The van der Waals surface area contributed by atoms with Gasteiger partial charge in [-0.25, -0.2) is 9.59 Å². The minimum atomic E-state index is -0.903. The highest BCUT2D eigenvalue weighted by molar-refractivity contribution is 6.07. The Morgan fingerprint density at radius 3 is 1.02 bits per heavy atom. The van der Waals surface area contributed by atoms with Crippen LogP contribution < -0.4 is 0 Å². The zero-order chi connectivity index (χ0) is 36.3. The first-order valence-electron chi connectivity index (χ1n) is 20.4. The van der Waals surface area contributed by atoms with Gasteiger partial charge in [0.25, 0.3) is 0 Å². The molecular formula is C44H70O6. The number of benzene rings is 1. The predicted octanol–water partition coefficient (Wildman–Crippen LogP) is 13.1. The minimum absolute atomic E-state index is 0.0794. The van der Waals surface area contributed by atoms with E-state index < -0.39 is 23.9 Å². The van der Waals surface area contributed by atoms with Gasteiger partial charge in [-0.2, -0.15) is 0 Å². The van der Waals surface area contributed by atoms with Gasteiger partial charge in [0.05, 0.1) is 11.1 Å². The molecule has 0 spiro atoms. The van der Waals surface area contributed by atoms with E-state index in [1.807, 2.05) is 0 Å². The topological polar surface area (TPSA) is 86.7 Å². The highest BCUT2D eigenvalue weighted by Crippen LogP contribution is 2.16. The summed E-state index contributed by atoms with van der Waals surface area (Å²) >= 11 is 0. The van der Waals surface area contributed by atoms with Crippen LogP contribution in [0.5, 0.6) is 0 Å². The number of hydrogen-bond donors (Lipinski definition) is 0. The Balaban J connectivity index is 2.16. The summed E-state index contributed by atoms with van der Waals surface area (Å²) in [6.07, 6.45) is 39.6. The molecule has 1 aromatic rings. The van der Waals surface area contributed by atoms with Crippen molar-refractivity contribution in [2.45, 2.75) is 194 Å². The first-order chi connectivity index (χ1) is 24.5. The molecule has 6 nitrogen and oxygen atoms in total. The average molecular weight is 695 g/mol. The SMILES string of the molecule is CCCCCCCC/C=C\CCCCCCCC(=O)OC(=O)c1ccccc1C(=O)OC(=O)CCCCCCC/C=C\CCCCCCCC.